The summed E-state index contributed by atoms with van der Waals surface area (Å²) in [5.41, 5.74) is 6.88. The molecule has 6 aromatic heterocycles. The van der Waals surface area contributed by atoms with E-state index >= 15 is 0 Å². The summed E-state index contributed by atoms with van der Waals surface area (Å²) in [4.78, 5) is 38.1. The van der Waals surface area contributed by atoms with Crippen molar-refractivity contribution in [3.8, 4) is 17.5 Å². The van der Waals surface area contributed by atoms with Gasteiger partial charge in [0.15, 0.2) is 5.79 Å². The van der Waals surface area contributed by atoms with Crippen LogP contribution in [0.5, 0.6) is 17.5 Å². The number of nitrogens with zero attached hydrogens (tertiary/aromatic N) is 8. The van der Waals surface area contributed by atoms with Gasteiger partial charge in [-0.2, -0.15) is 0 Å². The molecule has 3 aromatic carbocycles. The number of hydrogen-bond donors (Lipinski definition) is 4. The summed E-state index contributed by atoms with van der Waals surface area (Å²) in [5.74, 6) is 2.81. The molecule has 9 aromatic rings. The fraction of sp³-hybridized carbons (Fsp3) is 0.383. The molecule has 0 radical (unpaired) electrons. The molecule has 2 aliphatic carbocycles. The van der Waals surface area contributed by atoms with E-state index in [4.69, 9.17) is 28.7 Å². The van der Waals surface area contributed by atoms with Crippen LogP contribution in [0.4, 0.5) is 11.6 Å². The first kappa shape index (κ1) is 53.6. The van der Waals surface area contributed by atoms with Crippen LogP contribution in [0.3, 0.4) is 0 Å². The van der Waals surface area contributed by atoms with Gasteiger partial charge in [0.05, 0.1) is 67.4 Å². The summed E-state index contributed by atoms with van der Waals surface area (Å²) in [6, 6.07) is 32.4. The fourth-order valence-electron chi connectivity index (χ4n) is 11.7. The number of nitrogens with one attached hydrogen (secondary N) is 2. The molecule has 18 heteroatoms. The molecule has 406 valence electrons. The number of hydrogen-bond acceptors (Lipinski definition) is 15. The molecule has 0 unspecified atom stereocenters. The number of aliphatic hydroxyl groups is 2. The van der Waals surface area contributed by atoms with Crippen LogP contribution in [0.15, 0.2) is 122 Å². The van der Waals surface area contributed by atoms with E-state index in [2.05, 4.69) is 88.8 Å². The lowest BCUT2D eigenvalue weighted by Crippen LogP contribution is -2.29. The topological polar surface area (TPSA) is 215 Å². The Hall–Kier alpha value is -7.77. The second-order valence-corrected chi connectivity index (χ2v) is 20.8. The third-order valence-electron chi connectivity index (χ3n) is 15.4. The number of ether oxygens (including phenoxy) is 5. The van der Waals surface area contributed by atoms with Gasteiger partial charge in [-0.25, -0.2) is 29.9 Å². The first-order chi connectivity index (χ1) is 37.3. The number of aryl methyl sites for hydroxylation is 2. The lowest BCUT2D eigenvalue weighted by molar-refractivity contribution is -0.160. The maximum absolute atomic E-state index is 11.3. The summed E-state index contributed by atoms with van der Waals surface area (Å²) in [6.07, 6.45) is 10.2. The highest BCUT2D eigenvalue weighted by atomic mass is 16.8. The molecule has 0 bridgehead atoms. The van der Waals surface area contributed by atoms with E-state index in [0.717, 1.165) is 87.5 Å². The molecule has 2 saturated carbocycles. The van der Waals surface area contributed by atoms with E-state index in [1.807, 2.05) is 73.1 Å². The smallest absolute Gasteiger partial charge is 0.225 e. The average Bonchev–Trinajstić information content (AvgIpc) is 4.45. The minimum atomic E-state index is -0.889. The van der Waals surface area contributed by atoms with Crippen molar-refractivity contribution >= 4 is 61.4 Å². The molecular weight excluding hydrogens is 989 g/mol. The van der Waals surface area contributed by atoms with Gasteiger partial charge in [-0.1, -0.05) is 43.8 Å². The minimum Gasteiger partial charge on any atom is -0.497 e. The second kappa shape index (κ2) is 22.7. The Labute approximate surface area is 453 Å². The van der Waals surface area contributed by atoms with Crippen molar-refractivity contribution < 1.29 is 38.7 Å². The van der Waals surface area contributed by atoms with Crippen LogP contribution in [0.2, 0.25) is 0 Å². The monoisotopic (exact) mass is 1060 g/mol. The van der Waals surface area contributed by atoms with Gasteiger partial charge in [-0.15, -0.1) is 0 Å². The van der Waals surface area contributed by atoms with E-state index < -0.39 is 18.0 Å². The maximum Gasteiger partial charge on any atom is 0.225 e. The zero-order valence-corrected chi connectivity index (χ0v) is 44.0. The number of amides is 1. The molecule has 1 amide bonds. The summed E-state index contributed by atoms with van der Waals surface area (Å²) >= 11 is 0. The predicted octanol–water partition coefficient (Wildman–Crippen LogP) is 9.82. The number of anilines is 2. The number of benzene rings is 3. The zero-order chi connectivity index (χ0) is 53.4. The van der Waals surface area contributed by atoms with E-state index in [-0.39, 0.29) is 43.5 Å². The third kappa shape index (κ3) is 11.0. The number of rotatable bonds is 15. The molecule has 8 atom stereocenters. The number of aromatic nitrogens is 8. The van der Waals surface area contributed by atoms with Crippen molar-refractivity contribution in [1.29, 1.82) is 0 Å². The molecule has 78 heavy (non-hydrogen) atoms. The highest BCUT2D eigenvalue weighted by molar-refractivity contribution is 5.90. The fourth-order valence-corrected chi connectivity index (χ4v) is 11.7. The van der Waals surface area contributed by atoms with Crippen molar-refractivity contribution in [3.05, 3.63) is 139 Å². The molecule has 18 nitrogen and oxygen atoms in total. The van der Waals surface area contributed by atoms with Crippen LogP contribution in [-0.4, -0.2) is 107 Å². The first-order valence-electron chi connectivity index (χ1n) is 26.2. The van der Waals surface area contributed by atoms with E-state index in [1.165, 1.54) is 24.4 Å². The van der Waals surface area contributed by atoms with Crippen molar-refractivity contribution in [1.82, 2.24) is 39.0 Å². The molecule has 4 N–H and O–H groups in total. The van der Waals surface area contributed by atoms with Crippen LogP contribution in [0.25, 0.3) is 43.9 Å². The molecule has 7 heterocycles. The number of carbonyl (C=O) groups is 1. The van der Waals surface area contributed by atoms with Gasteiger partial charge in [0.25, 0.3) is 0 Å². The van der Waals surface area contributed by atoms with Crippen molar-refractivity contribution in [2.24, 2.45) is 11.8 Å². The van der Waals surface area contributed by atoms with Crippen LogP contribution in [0.1, 0.15) is 82.7 Å². The molecular formula is C60H68N10O8. The maximum atomic E-state index is 11.3. The Morgan fingerprint density at radius 1 is 0.641 bits per heavy atom. The molecule has 1 saturated heterocycles. The number of pyridine rings is 2. The van der Waals surface area contributed by atoms with E-state index in [9.17, 15) is 15.0 Å². The van der Waals surface area contributed by atoms with Crippen LogP contribution >= 0.6 is 0 Å². The standard InChI is InChI=1S/C34H37N5O4.C25H27N5O4.CH4/c1-34(2)42-30-24(18-28(31(30)43-34)39-16-15-26-32(39)36-20-37-33(26)41-4)10-6-21-5-9-23-11-14-29(38-27(23)17-21)35-19-22-7-12-25(40-3)13-8-22;1-14(31)28-21-8-7-16-5-3-15(11-19(16)29-21)4-6-17-12-20(23(33)22(17)32)30-10-9-18-24(30)26-13-27-25(18)34-2;/h5,7-9,11-17,20,24,28,30-31H,6,10,18-19H2,1-4H3,(H,35,38);3,5,7-11,13,17,20,22-23,32-33H,4,6,12H2,1-2H3,(H,28,29,31);1H4/t24-,28+,30+,31-;17-,20+,22+,23-;/m00./s1. The minimum absolute atomic E-state index is 0. The number of aliphatic hydroxyl groups excluding tert-OH is 2. The summed E-state index contributed by atoms with van der Waals surface area (Å²) < 4.78 is 33.2. The van der Waals surface area contributed by atoms with E-state index in [1.54, 1.807) is 33.7 Å². The van der Waals surface area contributed by atoms with Gasteiger partial charge in [-0.05, 0) is 142 Å². The Morgan fingerprint density at radius 2 is 1.17 bits per heavy atom. The second-order valence-electron chi connectivity index (χ2n) is 20.8. The highest BCUT2D eigenvalue weighted by Crippen LogP contribution is 2.49. The van der Waals surface area contributed by atoms with Gasteiger partial charge in [0.1, 0.15) is 53.5 Å². The lowest BCUT2D eigenvalue weighted by Gasteiger charge is -2.24. The van der Waals surface area contributed by atoms with Gasteiger partial charge >= 0.3 is 0 Å². The first-order valence-corrected chi connectivity index (χ1v) is 26.2. The lowest BCUT2D eigenvalue weighted by atomic mass is 9.95. The van der Waals surface area contributed by atoms with Crippen LogP contribution in [-0.2, 0) is 33.7 Å². The highest BCUT2D eigenvalue weighted by Gasteiger charge is 2.54. The number of carbonyl (C=O) groups excluding carboxylic acids is 1. The summed E-state index contributed by atoms with van der Waals surface area (Å²) in [7, 11) is 4.88. The zero-order valence-electron chi connectivity index (χ0n) is 44.0. The largest absolute Gasteiger partial charge is 0.497 e. The van der Waals surface area contributed by atoms with Gasteiger partial charge in [0.2, 0.25) is 17.7 Å². The average molecular weight is 1060 g/mol. The predicted molar refractivity (Wildman–Crippen MR) is 300 cm³/mol. The molecule has 1 aliphatic heterocycles. The van der Waals surface area contributed by atoms with Crippen molar-refractivity contribution in [3.63, 3.8) is 0 Å². The SMILES string of the molecule is C.COc1ccc(CNc2ccc3ccc(CC[C@H]4C[C@@H](n5ccc6c(OC)ncnc65)[C@@H]5OC(C)(C)O[C@H]45)cc3n2)cc1.COc1ncnc2c1ccn2[C@@H]1C[C@H](CCc2ccc3ccc(NC(C)=O)nc3c2)[C@@H](O)[C@H]1O. The van der Waals surface area contributed by atoms with Gasteiger partial charge < -0.3 is 53.7 Å². The quantitative estimate of drug-likeness (QED) is 0.0752. The molecule has 3 aliphatic rings. The summed E-state index contributed by atoms with van der Waals surface area (Å²) in [5, 5.41) is 31.6. The van der Waals surface area contributed by atoms with Crippen molar-refractivity contribution in [2.45, 2.75) is 116 Å². The Balaban J connectivity index is 0.000000179. The Bertz CT molecular complexity index is 3570. The molecule has 12 rings (SSSR count). The molecule has 0 spiro atoms. The van der Waals surface area contributed by atoms with Crippen LogP contribution < -0.4 is 24.8 Å². The number of fused-ring (bicyclic) bond motifs is 5. The Kier molecular flexibility index (Phi) is 15.6. The number of methoxy groups -OCH3 is 3. The van der Waals surface area contributed by atoms with Gasteiger partial charge in [0, 0.05) is 36.6 Å². The third-order valence-corrected chi connectivity index (χ3v) is 15.4. The van der Waals surface area contributed by atoms with Crippen molar-refractivity contribution in [2.75, 3.05) is 32.0 Å². The summed E-state index contributed by atoms with van der Waals surface area (Å²) in [6.45, 7) is 6.17. The molecule has 3 fully saturated rings. The van der Waals surface area contributed by atoms with Crippen LogP contribution in [0, 0.1) is 11.8 Å². The van der Waals surface area contributed by atoms with Gasteiger partial charge in [-0.3, -0.25) is 4.79 Å². The normalized spacial score (nSPS) is 22.2. The Morgan fingerprint density at radius 3 is 1.76 bits per heavy atom. The van der Waals surface area contributed by atoms with E-state index in [0.29, 0.717) is 42.1 Å².